The van der Waals surface area contributed by atoms with Crippen LogP contribution in [-0.4, -0.2) is 30.1 Å². The standard InChI is InChI=1S/C15H19N3/c16-11-15(12-18-8-6-14(15)7-9-18)17-10-13-4-2-1-3-5-13/h1-5,14,17H,6-10,12H2. The molecule has 3 aliphatic heterocycles. The summed E-state index contributed by atoms with van der Waals surface area (Å²) in [6.07, 6.45) is 2.32. The molecule has 1 aromatic carbocycles. The Morgan fingerprint density at radius 1 is 1.28 bits per heavy atom. The largest absolute Gasteiger partial charge is 0.300 e. The predicted molar refractivity (Wildman–Crippen MR) is 70.8 cm³/mol. The van der Waals surface area contributed by atoms with Crippen molar-refractivity contribution in [2.45, 2.75) is 24.9 Å². The lowest BCUT2D eigenvalue weighted by molar-refractivity contribution is 0.0360. The SMILES string of the molecule is N#CC1(NCc2ccccc2)CN2CCC1CC2. The van der Waals surface area contributed by atoms with Crippen molar-refractivity contribution in [3.05, 3.63) is 35.9 Å². The van der Waals surface area contributed by atoms with E-state index in [1.54, 1.807) is 0 Å². The third-order valence-corrected chi connectivity index (χ3v) is 4.41. The van der Waals surface area contributed by atoms with E-state index >= 15 is 0 Å². The zero-order valence-electron chi connectivity index (χ0n) is 10.6. The first kappa shape index (κ1) is 11.7. The molecule has 18 heavy (non-hydrogen) atoms. The second-order valence-corrected chi connectivity index (χ2v) is 5.47. The fraction of sp³-hybridized carbons (Fsp3) is 0.533. The molecule has 3 aliphatic rings. The summed E-state index contributed by atoms with van der Waals surface area (Å²) in [7, 11) is 0. The van der Waals surface area contributed by atoms with Crippen LogP contribution < -0.4 is 5.32 Å². The molecule has 0 saturated carbocycles. The lowest BCUT2D eigenvalue weighted by Gasteiger charge is -2.50. The van der Waals surface area contributed by atoms with Gasteiger partial charge >= 0.3 is 0 Å². The summed E-state index contributed by atoms with van der Waals surface area (Å²) >= 11 is 0. The Bertz CT molecular complexity index is 443. The van der Waals surface area contributed by atoms with Gasteiger partial charge in [0.05, 0.1) is 6.07 Å². The number of fused-ring (bicyclic) bond motifs is 3. The van der Waals surface area contributed by atoms with Crippen molar-refractivity contribution in [2.24, 2.45) is 5.92 Å². The number of hydrogen-bond acceptors (Lipinski definition) is 3. The highest BCUT2D eigenvalue weighted by Crippen LogP contribution is 2.35. The molecule has 94 valence electrons. The maximum absolute atomic E-state index is 9.60. The molecule has 0 aliphatic carbocycles. The molecule has 3 heteroatoms. The zero-order chi connectivity index (χ0) is 12.4. The summed E-state index contributed by atoms with van der Waals surface area (Å²) < 4.78 is 0. The van der Waals surface area contributed by atoms with Gasteiger partial charge in [-0.1, -0.05) is 30.3 Å². The first-order valence-electron chi connectivity index (χ1n) is 6.75. The van der Waals surface area contributed by atoms with Crippen LogP contribution in [0.4, 0.5) is 0 Å². The molecule has 1 aromatic rings. The number of nitrogens with zero attached hydrogens (tertiary/aromatic N) is 2. The smallest absolute Gasteiger partial charge is 0.122 e. The van der Waals surface area contributed by atoms with E-state index in [0.29, 0.717) is 5.92 Å². The van der Waals surface area contributed by atoms with Gasteiger partial charge in [0.2, 0.25) is 0 Å². The van der Waals surface area contributed by atoms with Crippen LogP contribution in [0.2, 0.25) is 0 Å². The Kier molecular flexibility index (Phi) is 3.07. The molecule has 3 heterocycles. The number of piperidine rings is 3. The minimum atomic E-state index is -0.327. The molecule has 1 atom stereocenters. The Morgan fingerprint density at radius 3 is 2.56 bits per heavy atom. The Labute approximate surface area is 108 Å². The second kappa shape index (κ2) is 4.72. The van der Waals surface area contributed by atoms with Crippen LogP contribution in [0.1, 0.15) is 18.4 Å². The maximum Gasteiger partial charge on any atom is 0.122 e. The summed E-state index contributed by atoms with van der Waals surface area (Å²) in [5, 5.41) is 13.1. The van der Waals surface area contributed by atoms with Crippen LogP contribution >= 0.6 is 0 Å². The summed E-state index contributed by atoms with van der Waals surface area (Å²) in [6.45, 7) is 4.02. The molecule has 3 saturated heterocycles. The van der Waals surface area contributed by atoms with Gasteiger partial charge in [-0.3, -0.25) is 5.32 Å². The second-order valence-electron chi connectivity index (χ2n) is 5.47. The summed E-state index contributed by atoms with van der Waals surface area (Å²) in [4.78, 5) is 2.42. The molecular weight excluding hydrogens is 222 g/mol. The molecule has 3 fully saturated rings. The van der Waals surface area contributed by atoms with Crippen LogP contribution in [0.15, 0.2) is 30.3 Å². The van der Waals surface area contributed by atoms with Crippen LogP contribution in [0.5, 0.6) is 0 Å². The summed E-state index contributed by atoms with van der Waals surface area (Å²) in [5.74, 6) is 0.524. The van der Waals surface area contributed by atoms with E-state index in [-0.39, 0.29) is 5.54 Å². The Hall–Kier alpha value is -1.37. The van der Waals surface area contributed by atoms with Crippen LogP contribution in [0.3, 0.4) is 0 Å². The number of nitriles is 1. The number of benzene rings is 1. The van der Waals surface area contributed by atoms with Gasteiger partial charge in [-0.25, -0.2) is 0 Å². The molecule has 0 radical (unpaired) electrons. The van der Waals surface area contributed by atoms with Crippen molar-refractivity contribution in [1.29, 1.82) is 5.26 Å². The van der Waals surface area contributed by atoms with E-state index in [1.165, 1.54) is 18.7 Å². The lowest BCUT2D eigenvalue weighted by Crippen LogP contribution is -2.64. The molecular formula is C15H19N3. The van der Waals surface area contributed by atoms with E-state index in [9.17, 15) is 5.26 Å². The van der Waals surface area contributed by atoms with Gasteiger partial charge in [-0.05, 0) is 37.4 Å². The fourth-order valence-corrected chi connectivity index (χ4v) is 3.29. The number of rotatable bonds is 3. The molecule has 1 unspecified atom stereocenters. The van der Waals surface area contributed by atoms with Crippen molar-refractivity contribution < 1.29 is 0 Å². The summed E-state index contributed by atoms with van der Waals surface area (Å²) in [5.41, 5.74) is 0.926. The highest BCUT2D eigenvalue weighted by molar-refractivity contribution is 5.20. The highest BCUT2D eigenvalue weighted by atomic mass is 15.2. The Morgan fingerprint density at radius 2 is 2.00 bits per heavy atom. The number of hydrogen-bond donors (Lipinski definition) is 1. The van der Waals surface area contributed by atoms with Gasteiger partial charge < -0.3 is 4.90 Å². The van der Waals surface area contributed by atoms with Crippen LogP contribution in [0.25, 0.3) is 0 Å². The van der Waals surface area contributed by atoms with Crippen molar-refractivity contribution in [3.8, 4) is 6.07 Å². The van der Waals surface area contributed by atoms with Gasteiger partial charge in [0.1, 0.15) is 5.54 Å². The minimum Gasteiger partial charge on any atom is -0.300 e. The van der Waals surface area contributed by atoms with E-state index in [0.717, 1.165) is 25.9 Å². The van der Waals surface area contributed by atoms with Gasteiger partial charge in [0.25, 0.3) is 0 Å². The minimum absolute atomic E-state index is 0.327. The fourth-order valence-electron chi connectivity index (χ4n) is 3.29. The monoisotopic (exact) mass is 241 g/mol. The van der Waals surface area contributed by atoms with Crippen molar-refractivity contribution in [2.75, 3.05) is 19.6 Å². The van der Waals surface area contributed by atoms with Gasteiger partial charge in [0.15, 0.2) is 0 Å². The third kappa shape index (κ3) is 2.03. The van der Waals surface area contributed by atoms with Crippen LogP contribution in [-0.2, 0) is 6.54 Å². The first-order chi connectivity index (χ1) is 8.82. The van der Waals surface area contributed by atoms with E-state index in [4.69, 9.17) is 0 Å². The lowest BCUT2D eigenvalue weighted by atomic mass is 9.73. The molecule has 0 amide bonds. The molecule has 4 rings (SSSR count). The molecule has 0 spiro atoms. The topological polar surface area (TPSA) is 39.1 Å². The molecule has 0 aromatic heterocycles. The summed E-state index contributed by atoms with van der Waals surface area (Å²) in [6, 6.07) is 12.9. The highest BCUT2D eigenvalue weighted by Gasteiger charge is 2.46. The van der Waals surface area contributed by atoms with E-state index in [2.05, 4.69) is 28.4 Å². The zero-order valence-corrected chi connectivity index (χ0v) is 10.6. The first-order valence-corrected chi connectivity index (χ1v) is 6.75. The predicted octanol–water partition coefficient (Wildman–Crippen LogP) is 1.76. The van der Waals surface area contributed by atoms with E-state index in [1.807, 2.05) is 18.2 Å². The quantitative estimate of drug-likeness (QED) is 0.876. The maximum atomic E-state index is 9.60. The molecule has 1 N–H and O–H groups in total. The van der Waals surface area contributed by atoms with Crippen molar-refractivity contribution in [3.63, 3.8) is 0 Å². The number of nitrogens with one attached hydrogen (secondary N) is 1. The van der Waals surface area contributed by atoms with Gasteiger partial charge in [-0.2, -0.15) is 5.26 Å². The third-order valence-electron chi connectivity index (χ3n) is 4.41. The van der Waals surface area contributed by atoms with Crippen molar-refractivity contribution >= 4 is 0 Å². The van der Waals surface area contributed by atoms with Crippen LogP contribution in [0, 0.1) is 17.2 Å². The molecule has 2 bridgehead atoms. The van der Waals surface area contributed by atoms with Gasteiger partial charge in [0, 0.05) is 13.1 Å². The average molecular weight is 241 g/mol. The normalized spacial score (nSPS) is 34.2. The van der Waals surface area contributed by atoms with E-state index < -0.39 is 0 Å². The van der Waals surface area contributed by atoms with Gasteiger partial charge in [-0.15, -0.1) is 0 Å². The Balaban J connectivity index is 1.72. The van der Waals surface area contributed by atoms with Crippen molar-refractivity contribution in [1.82, 2.24) is 10.2 Å². The average Bonchev–Trinajstić information content (AvgIpc) is 2.47. The molecule has 3 nitrogen and oxygen atoms in total.